The molecule has 1 amide bonds. The third-order valence-corrected chi connectivity index (χ3v) is 4.06. The van der Waals surface area contributed by atoms with Crippen LogP contribution in [0.3, 0.4) is 0 Å². The summed E-state index contributed by atoms with van der Waals surface area (Å²) < 4.78 is 44.4. The van der Waals surface area contributed by atoms with E-state index in [1.807, 2.05) is 0 Å². The third kappa shape index (κ3) is 3.34. The van der Waals surface area contributed by atoms with E-state index in [2.05, 4.69) is 26.3 Å². The van der Waals surface area contributed by atoms with Crippen molar-refractivity contribution < 1.29 is 22.4 Å². The van der Waals surface area contributed by atoms with Crippen LogP contribution >= 0.6 is 15.9 Å². The van der Waals surface area contributed by atoms with Gasteiger partial charge < -0.3 is 9.73 Å². The van der Waals surface area contributed by atoms with Crippen LogP contribution < -0.4 is 5.32 Å². The number of furan rings is 1. The Balaban J connectivity index is 2.15. The van der Waals surface area contributed by atoms with E-state index in [-0.39, 0.29) is 16.7 Å². The Hall–Kier alpha value is -1.77. The minimum Gasteiger partial charge on any atom is -0.467 e. The normalized spacial score (nSPS) is 13.2. The number of hydrogen-bond acceptors (Lipinski definition) is 3. The first-order chi connectivity index (χ1) is 10.2. The summed E-state index contributed by atoms with van der Waals surface area (Å²) >= 11 is 2.87. The molecule has 2 aromatic rings. The van der Waals surface area contributed by atoms with Crippen molar-refractivity contribution in [2.45, 2.75) is 32.6 Å². The number of hydrogen-bond donors (Lipinski definition) is 1. The SMILES string of the molecule is Cc1c(Br)c(C(F)(F)F)nn1[C@H](C)C(=O)NCc1ccco1. The number of nitrogens with zero attached hydrogens (tertiary/aromatic N) is 2. The highest BCUT2D eigenvalue weighted by atomic mass is 79.9. The summed E-state index contributed by atoms with van der Waals surface area (Å²) in [5.74, 6) is 0.0955. The predicted molar refractivity (Wildman–Crippen MR) is 74.9 cm³/mol. The predicted octanol–water partition coefficient (Wildman–Crippen LogP) is 3.44. The zero-order chi connectivity index (χ0) is 16.5. The van der Waals surface area contributed by atoms with E-state index in [1.165, 1.54) is 20.1 Å². The average molecular weight is 380 g/mol. The fraction of sp³-hybridized carbons (Fsp3) is 0.385. The van der Waals surface area contributed by atoms with Crippen LogP contribution in [0.4, 0.5) is 13.2 Å². The number of nitrogens with one attached hydrogen (secondary N) is 1. The van der Waals surface area contributed by atoms with Gasteiger partial charge in [-0.2, -0.15) is 18.3 Å². The molecular weight excluding hydrogens is 367 g/mol. The van der Waals surface area contributed by atoms with Gasteiger partial charge in [-0.15, -0.1) is 0 Å². The first-order valence-corrected chi connectivity index (χ1v) is 7.13. The van der Waals surface area contributed by atoms with Crippen molar-refractivity contribution in [2.24, 2.45) is 0 Å². The summed E-state index contributed by atoms with van der Waals surface area (Å²) in [5.41, 5.74) is -0.816. The first kappa shape index (κ1) is 16.6. The number of carbonyl (C=O) groups excluding carboxylic acids is 1. The maximum Gasteiger partial charge on any atom is 0.436 e. The Morgan fingerprint density at radius 1 is 1.55 bits per heavy atom. The Labute approximate surface area is 132 Å². The summed E-state index contributed by atoms with van der Waals surface area (Å²) in [6.07, 6.45) is -3.12. The minimum absolute atomic E-state index is 0.157. The number of halogens is 4. The van der Waals surface area contributed by atoms with Crippen molar-refractivity contribution in [1.82, 2.24) is 15.1 Å². The molecule has 0 unspecified atom stereocenters. The van der Waals surface area contributed by atoms with Gasteiger partial charge in [0, 0.05) is 0 Å². The van der Waals surface area contributed by atoms with E-state index in [9.17, 15) is 18.0 Å². The summed E-state index contributed by atoms with van der Waals surface area (Å²) in [6, 6.07) is 2.47. The molecule has 2 rings (SSSR count). The monoisotopic (exact) mass is 379 g/mol. The second-order valence-electron chi connectivity index (χ2n) is 4.66. The van der Waals surface area contributed by atoms with E-state index >= 15 is 0 Å². The summed E-state index contributed by atoms with van der Waals surface area (Å²) in [4.78, 5) is 12.1. The summed E-state index contributed by atoms with van der Waals surface area (Å²) in [6.45, 7) is 3.09. The summed E-state index contributed by atoms with van der Waals surface area (Å²) in [7, 11) is 0. The van der Waals surface area contributed by atoms with Crippen LogP contribution in [0.25, 0.3) is 0 Å². The highest BCUT2D eigenvalue weighted by molar-refractivity contribution is 9.10. The fourth-order valence-corrected chi connectivity index (χ4v) is 2.39. The van der Waals surface area contributed by atoms with Crippen molar-refractivity contribution in [3.05, 3.63) is 40.0 Å². The molecular formula is C13H13BrF3N3O2. The smallest absolute Gasteiger partial charge is 0.436 e. The number of rotatable bonds is 4. The van der Waals surface area contributed by atoms with Crippen molar-refractivity contribution in [1.29, 1.82) is 0 Å². The number of amides is 1. The van der Waals surface area contributed by atoms with Gasteiger partial charge in [-0.25, -0.2) is 0 Å². The molecule has 0 saturated carbocycles. The van der Waals surface area contributed by atoms with Gasteiger partial charge in [0.25, 0.3) is 0 Å². The molecule has 22 heavy (non-hydrogen) atoms. The zero-order valence-corrected chi connectivity index (χ0v) is 13.3. The molecule has 0 fully saturated rings. The van der Waals surface area contributed by atoms with Crippen LogP contribution in [0, 0.1) is 6.92 Å². The first-order valence-electron chi connectivity index (χ1n) is 6.33. The number of carbonyl (C=O) groups is 1. The van der Waals surface area contributed by atoms with Gasteiger partial charge in [0.1, 0.15) is 11.8 Å². The molecule has 0 aliphatic heterocycles. The molecule has 0 aromatic carbocycles. The zero-order valence-electron chi connectivity index (χ0n) is 11.7. The Kier molecular flexibility index (Phi) is 4.64. The van der Waals surface area contributed by atoms with Crippen LogP contribution in [-0.4, -0.2) is 15.7 Å². The van der Waals surface area contributed by atoms with E-state index in [4.69, 9.17) is 4.42 Å². The lowest BCUT2D eigenvalue weighted by atomic mass is 10.3. The molecule has 0 bridgehead atoms. The van der Waals surface area contributed by atoms with Gasteiger partial charge in [0.05, 0.1) is 23.0 Å². The molecule has 9 heteroatoms. The minimum atomic E-state index is -4.58. The lowest BCUT2D eigenvalue weighted by Crippen LogP contribution is -2.31. The average Bonchev–Trinajstić information content (AvgIpc) is 3.04. The molecule has 1 N–H and O–H groups in total. The molecule has 5 nitrogen and oxygen atoms in total. The molecule has 2 heterocycles. The van der Waals surface area contributed by atoms with E-state index < -0.39 is 23.8 Å². The van der Waals surface area contributed by atoms with Crippen molar-refractivity contribution in [3.8, 4) is 0 Å². The Bertz CT molecular complexity index is 665. The molecule has 0 aliphatic rings. The maximum absolute atomic E-state index is 12.8. The molecule has 120 valence electrons. The molecule has 0 aliphatic carbocycles. The van der Waals surface area contributed by atoms with Gasteiger partial charge in [0.2, 0.25) is 5.91 Å². The number of aromatic nitrogens is 2. The van der Waals surface area contributed by atoms with Crippen LogP contribution in [0.1, 0.15) is 30.1 Å². The quantitative estimate of drug-likeness (QED) is 0.884. The van der Waals surface area contributed by atoms with E-state index in [1.54, 1.807) is 12.1 Å². The van der Waals surface area contributed by atoms with Crippen molar-refractivity contribution in [3.63, 3.8) is 0 Å². The maximum atomic E-state index is 12.8. The Morgan fingerprint density at radius 3 is 2.73 bits per heavy atom. The van der Waals surface area contributed by atoms with Gasteiger partial charge in [-0.05, 0) is 41.9 Å². The highest BCUT2D eigenvalue weighted by Crippen LogP contribution is 2.36. The van der Waals surface area contributed by atoms with E-state index in [0.29, 0.717) is 5.76 Å². The van der Waals surface area contributed by atoms with Gasteiger partial charge in [0.15, 0.2) is 5.69 Å². The van der Waals surface area contributed by atoms with Gasteiger partial charge in [-0.3, -0.25) is 9.48 Å². The van der Waals surface area contributed by atoms with Crippen LogP contribution in [0.2, 0.25) is 0 Å². The lowest BCUT2D eigenvalue weighted by molar-refractivity contribution is -0.142. The van der Waals surface area contributed by atoms with Crippen LogP contribution in [0.15, 0.2) is 27.3 Å². The van der Waals surface area contributed by atoms with Crippen molar-refractivity contribution >= 4 is 21.8 Å². The highest BCUT2D eigenvalue weighted by Gasteiger charge is 2.38. The van der Waals surface area contributed by atoms with E-state index in [0.717, 1.165) is 4.68 Å². The molecule has 2 aromatic heterocycles. The molecule has 0 radical (unpaired) electrons. The Morgan fingerprint density at radius 2 is 2.23 bits per heavy atom. The molecule has 0 saturated heterocycles. The van der Waals surface area contributed by atoms with Crippen molar-refractivity contribution in [2.75, 3.05) is 0 Å². The summed E-state index contributed by atoms with van der Waals surface area (Å²) in [5, 5.41) is 6.10. The van der Waals surface area contributed by atoms with Crippen LogP contribution in [0.5, 0.6) is 0 Å². The standard InChI is InChI=1S/C13H13BrF3N3O2/c1-7-10(14)11(13(15,16)17)19-20(7)8(2)12(21)18-6-9-4-3-5-22-9/h3-5,8H,6H2,1-2H3,(H,18,21)/t8-/m1/s1. The van der Waals surface area contributed by atoms with Gasteiger partial charge >= 0.3 is 6.18 Å². The molecule has 1 atom stereocenters. The molecule has 0 spiro atoms. The lowest BCUT2D eigenvalue weighted by Gasteiger charge is -2.14. The topological polar surface area (TPSA) is 60.1 Å². The second kappa shape index (κ2) is 6.15. The third-order valence-electron chi connectivity index (χ3n) is 3.11. The fourth-order valence-electron chi connectivity index (χ4n) is 1.90. The largest absolute Gasteiger partial charge is 0.467 e. The second-order valence-corrected chi connectivity index (χ2v) is 5.46. The number of alkyl halides is 3. The van der Waals surface area contributed by atoms with Crippen LogP contribution in [-0.2, 0) is 17.5 Å². The van der Waals surface area contributed by atoms with Gasteiger partial charge in [-0.1, -0.05) is 0 Å².